The molecule has 1 fully saturated rings. The zero-order valence-corrected chi connectivity index (χ0v) is 22.0. The number of aliphatic hydroxyl groups excluding tert-OH is 1. The molecular weight excluding hydrogens is 538 g/mol. The third-order valence-electron chi connectivity index (χ3n) is 4.92. The Morgan fingerprint density at radius 2 is 1.97 bits per heavy atom. The Hall–Kier alpha value is -2.18. The van der Waals surface area contributed by atoms with Crippen LogP contribution in [-0.2, 0) is 23.4 Å². The van der Waals surface area contributed by atoms with Crippen LogP contribution in [0.4, 0.5) is 5.82 Å². The molecule has 0 radical (unpaired) electrons. The van der Waals surface area contributed by atoms with Crippen LogP contribution in [0.15, 0.2) is 47.4 Å². The average molecular weight is 565 g/mol. The first-order valence-corrected chi connectivity index (χ1v) is 13.2. The Balaban J connectivity index is 1.79. The molecule has 1 aliphatic heterocycles. The number of aromatic nitrogens is 2. The number of ether oxygens (including phenoxy) is 2. The van der Waals surface area contributed by atoms with Gasteiger partial charge in [0.15, 0.2) is 10.6 Å². The second-order valence-corrected chi connectivity index (χ2v) is 11.4. The van der Waals surface area contributed by atoms with Gasteiger partial charge in [-0.3, -0.25) is 13.9 Å². The Morgan fingerprint density at radius 3 is 2.58 bits per heavy atom. The van der Waals surface area contributed by atoms with E-state index in [0.717, 1.165) is 4.57 Å². The van der Waals surface area contributed by atoms with Crippen LogP contribution < -0.4 is 21.0 Å². The molecule has 15 heteroatoms. The first kappa shape index (κ1) is 28.4. The predicted molar refractivity (Wildman–Crippen MR) is 132 cm³/mol. The monoisotopic (exact) mass is 564 g/mol. The molecular formula is C21H27Cl2N4O8P. The standard InChI is InChI=1S/C21H27Cl2N4O8P/c1-12(2)33-18(29)13(3)26-36(31,35-14-7-5-4-6-8-14)32-11-15-17(28)21(22,23)19(34-15)27-10-9-16(24)25-20(27)30/h4-10,12-13,15,17,19,28H,11H2,1-3H3,(H,26,31)(H2,24,25,30)/t13-,15+,17-,19+,36?/m0/s1. The number of anilines is 1. The summed E-state index contributed by atoms with van der Waals surface area (Å²) in [5.41, 5.74) is 4.70. The van der Waals surface area contributed by atoms with Crippen LogP contribution in [0.2, 0.25) is 0 Å². The molecule has 0 saturated carbocycles. The highest BCUT2D eigenvalue weighted by Gasteiger charge is 2.56. The number of alkyl halides is 2. The van der Waals surface area contributed by atoms with E-state index in [1.807, 2.05) is 0 Å². The summed E-state index contributed by atoms with van der Waals surface area (Å²) in [6.07, 6.45) is -3.33. The topological polar surface area (TPSA) is 164 Å². The second kappa shape index (κ2) is 11.5. The van der Waals surface area contributed by atoms with Crippen molar-refractivity contribution in [2.24, 2.45) is 0 Å². The van der Waals surface area contributed by atoms with Gasteiger partial charge in [0.2, 0.25) is 0 Å². The van der Waals surface area contributed by atoms with E-state index in [2.05, 4.69) is 10.1 Å². The van der Waals surface area contributed by atoms with Crippen molar-refractivity contribution in [2.75, 3.05) is 12.3 Å². The molecule has 1 aromatic carbocycles. The van der Waals surface area contributed by atoms with Gasteiger partial charge in [-0.15, -0.1) is 0 Å². The summed E-state index contributed by atoms with van der Waals surface area (Å²) in [4.78, 5) is 28.1. The highest BCUT2D eigenvalue weighted by molar-refractivity contribution is 7.52. The van der Waals surface area contributed by atoms with Crippen LogP contribution in [0.1, 0.15) is 27.0 Å². The van der Waals surface area contributed by atoms with Crippen LogP contribution in [0.3, 0.4) is 0 Å². The third kappa shape index (κ3) is 6.77. The number of nitrogens with one attached hydrogen (secondary N) is 1. The summed E-state index contributed by atoms with van der Waals surface area (Å²) >= 11 is 12.6. The minimum atomic E-state index is -4.25. The maximum absolute atomic E-state index is 13.6. The molecule has 0 bridgehead atoms. The average Bonchev–Trinajstić information content (AvgIpc) is 3.01. The summed E-state index contributed by atoms with van der Waals surface area (Å²) in [7, 11) is -4.25. The molecule has 36 heavy (non-hydrogen) atoms. The third-order valence-corrected chi connectivity index (χ3v) is 7.38. The number of carbonyl (C=O) groups is 1. The van der Waals surface area contributed by atoms with E-state index < -0.39 is 60.9 Å². The van der Waals surface area contributed by atoms with Crippen molar-refractivity contribution >= 4 is 42.7 Å². The molecule has 3 rings (SSSR count). The molecule has 1 saturated heterocycles. The van der Waals surface area contributed by atoms with E-state index in [9.17, 15) is 19.3 Å². The fourth-order valence-corrected chi connectivity index (χ4v) is 5.31. The number of nitrogen functional groups attached to an aromatic ring is 1. The molecule has 0 aliphatic carbocycles. The van der Waals surface area contributed by atoms with Crippen molar-refractivity contribution in [2.45, 2.75) is 55.7 Å². The Bertz CT molecular complexity index is 1170. The SMILES string of the molecule is CC(C)OC(=O)[C@H](C)NP(=O)(OC[C@H]1O[C@@H](n2ccc(N)nc2=O)C(Cl)(Cl)[C@H]1O)Oc1ccccc1. The number of nitrogens with two attached hydrogens (primary N) is 1. The van der Waals surface area contributed by atoms with E-state index >= 15 is 0 Å². The van der Waals surface area contributed by atoms with Gasteiger partial charge in [0, 0.05) is 6.20 Å². The second-order valence-electron chi connectivity index (χ2n) is 8.22. The van der Waals surface area contributed by atoms with Crippen LogP contribution >= 0.6 is 30.9 Å². The van der Waals surface area contributed by atoms with Gasteiger partial charge in [-0.25, -0.2) is 9.36 Å². The molecule has 1 unspecified atom stereocenters. The van der Waals surface area contributed by atoms with Gasteiger partial charge in [0.05, 0.1) is 12.7 Å². The predicted octanol–water partition coefficient (Wildman–Crippen LogP) is 2.39. The first-order valence-electron chi connectivity index (χ1n) is 10.9. The molecule has 1 aliphatic rings. The molecule has 0 spiro atoms. The lowest BCUT2D eigenvalue weighted by atomic mass is 10.2. The number of hydrogen-bond acceptors (Lipinski definition) is 10. The number of aliphatic hydroxyl groups is 1. The van der Waals surface area contributed by atoms with Crippen LogP contribution in [0.25, 0.3) is 0 Å². The van der Waals surface area contributed by atoms with E-state index in [-0.39, 0.29) is 11.6 Å². The van der Waals surface area contributed by atoms with Gasteiger partial charge in [-0.05, 0) is 39.0 Å². The van der Waals surface area contributed by atoms with E-state index in [4.69, 9.17) is 47.5 Å². The Morgan fingerprint density at radius 1 is 1.31 bits per heavy atom. The molecule has 12 nitrogen and oxygen atoms in total. The molecule has 5 atom stereocenters. The zero-order valence-electron chi connectivity index (χ0n) is 19.6. The fraction of sp³-hybridized carbons (Fsp3) is 0.476. The lowest BCUT2D eigenvalue weighted by Gasteiger charge is -2.25. The van der Waals surface area contributed by atoms with Gasteiger partial charge < -0.3 is 24.8 Å². The summed E-state index contributed by atoms with van der Waals surface area (Å²) in [6, 6.07) is 8.35. The van der Waals surface area contributed by atoms with E-state index in [1.165, 1.54) is 31.3 Å². The molecule has 198 valence electrons. The number of esters is 1. The van der Waals surface area contributed by atoms with Crippen LogP contribution in [0, 0.1) is 0 Å². The molecule has 1 aromatic heterocycles. The van der Waals surface area contributed by atoms with Crippen molar-refractivity contribution in [1.29, 1.82) is 0 Å². The number of nitrogens with zero attached hydrogens (tertiary/aromatic N) is 2. The Kier molecular flexibility index (Phi) is 9.05. The van der Waals surface area contributed by atoms with Crippen molar-refractivity contribution in [1.82, 2.24) is 14.6 Å². The molecule has 2 aromatic rings. The number of benzene rings is 1. The highest BCUT2D eigenvalue weighted by Crippen LogP contribution is 2.49. The number of hydrogen-bond donors (Lipinski definition) is 3. The van der Waals surface area contributed by atoms with Crippen molar-refractivity contribution in [3.8, 4) is 5.75 Å². The molecule has 0 amide bonds. The number of rotatable bonds is 10. The van der Waals surface area contributed by atoms with Gasteiger partial charge in [-0.2, -0.15) is 10.1 Å². The summed E-state index contributed by atoms with van der Waals surface area (Å²) in [5, 5.41) is 13.2. The van der Waals surface area contributed by atoms with Gasteiger partial charge in [0.1, 0.15) is 29.8 Å². The first-order chi connectivity index (χ1) is 16.8. The van der Waals surface area contributed by atoms with Crippen LogP contribution in [0.5, 0.6) is 5.75 Å². The molecule has 2 heterocycles. The summed E-state index contributed by atoms with van der Waals surface area (Å²) in [5.74, 6) is -0.523. The minimum absolute atomic E-state index is 0.0281. The number of halogens is 2. The van der Waals surface area contributed by atoms with Gasteiger partial charge in [0.25, 0.3) is 0 Å². The zero-order chi connectivity index (χ0) is 26.7. The smallest absolute Gasteiger partial charge is 0.459 e. The number of para-hydroxylation sites is 1. The lowest BCUT2D eigenvalue weighted by molar-refractivity contribution is -0.149. The minimum Gasteiger partial charge on any atom is -0.462 e. The van der Waals surface area contributed by atoms with Crippen molar-refractivity contribution in [3.63, 3.8) is 0 Å². The summed E-state index contributed by atoms with van der Waals surface area (Å²) in [6.45, 7) is 4.22. The number of carbonyl (C=O) groups excluding carboxylic acids is 1. The van der Waals surface area contributed by atoms with E-state index in [0.29, 0.717) is 0 Å². The fourth-order valence-electron chi connectivity index (χ4n) is 3.22. The van der Waals surface area contributed by atoms with Gasteiger partial charge in [-0.1, -0.05) is 41.4 Å². The van der Waals surface area contributed by atoms with E-state index in [1.54, 1.807) is 32.0 Å². The van der Waals surface area contributed by atoms with Crippen molar-refractivity contribution < 1.29 is 33.0 Å². The quantitative estimate of drug-likeness (QED) is 0.220. The van der Waals surface area contributed by atoms with Crippen molar-refractivity contribution in [3.05, 3.63) is 53.1 Å². The lowest BCUT2D eigenvalue weighted by Crippen LogP contribution is -2.40. The highest BCUT2D eigenvalue weighted by atomic mass is 35.5. The normalized spacial score (nSPS) is 23.7. The van der Waals surface area contributed by atoms with Crippen LogP contribution in [-0.4, -0.2) is 55.9 Å². The maximum atomic E-state index is 13.6. The van der Waals surface area contributed by atoms with Gasteiger partial charge >= 0.3 is 19.4 Å². The Labute approximate surface area is 217 Å². The molecule has 4 N–H and O–H groups in total. The maximum Gasteiger partial charge on any atom is 0.459 e. The largest absolute Gasteiger partial charge is 0.462 e. The summed E-state index contributed by atoms with van der Waals surface area (Å²) < 4.78 is 34.5.